The molecule has 4 aliphatic carbocycles. The van der Waals surface area contributed by atoms with E-state index in [1.807, 2.05) is 11.8 Å². The molecule has 0 aromatic carbocycles. The van der Waals surface area contributed by atoms with Gasteiger partial charge in [-0.05, 0) is 138 Å². The lowest BCUT2D eigenvalue weighted by Gasteiger charge is -2.58. The number of nitrogens with one attached hydrogen (secondary N) is 1. The fraction of sp³-hybridized carbons (Fsp3) is 0.886. The second kappa shape index (κ2) is 11.6. The Hall–Kier alpha value is -1.40. The van der Waals surface area contributed by atoms with Crippen molar-refractivity contribution in [2.24, 2.45) is 46.3 Å². The molecule has 6 heteroatoms. The van der Waals surface area contributed by atoms with Crippen LogP contribution >= 0.6 is 0 Å². The Morgan fingerprint density at radius 2 is 1.76 bits per heavy atom. The maximum Gasteiger partial charge on any atom is 0.251 e. The molecular formula is C35H58N2O4. The van der Waals surface area contributed by atoms with E-state index in [0.717, 1.165) is 69.4 Å². The smallest absolute Gasteiger partial charge is 0.251 e. The third kappa shape index (κ3) is 5.90. The number of hydrogen-bond donors (Lipinski definition) is 3. The van der Waals surface area contributed by atoms with Gasteiger partial charge in [0.2, 0.25) is 5.91 Å². The minimum atomic E-state index is -1.37. The van der Waals surface area contributed by atoms with Crippen LogP contribution < -0.4 is 5.32 Å². The quantitative estimate of drug-likeness (QED) is 0.335. The average molecular weight is 571 g/mol. The summed E-state index contributed by atoms with van der Waals surface area (Å²) >= 11 is 0. The number of nitrogens with zero attached hydrogens (tertiary/aromatic N) is 1. The standard InChI is InChI=1S/C35H58N2O4/c1-22(7-12-31(39)37-19-15-24(16-20-37)23(2)36-32(40)33(3,4)41)28-10-11-29-27-9-8-25-21-26(38)13-17-34(25,5)30(27)14-18-35(28,29)6/h8,22-24,26-30,38,41H,7,9-21H2,1-6H3,(H,36,40)/t22-,23?,26+,27+,28-,29+,30+,34+,35-/m1/s1. The fourth-order valence-corrected chi connectivity index (χ4v) is 10.5. The third-order valence-corrected chi connectivity index (χ3v) is 13.2. The lowest BCUT2D eigenvalue weighted by Crippen LogP contribution is -2.51. The summed E-state index contributed by atoms with van der Waals surface area (Å²) in [6.07, 6.45) is 15.3. The number of aliphatic hydroxyl groups excluding tert-OH is 1. The number of rotatable bonds is 7. The lowest BCUT2D eigenvalue weighted by molar-refractivity contribution is -0.138. The van der Waals surface area contributed by atoms with Crippen LogP contribution in [-0.4, -0.2) is 57.8 Å². The summed E-state index contributed by atoms with van der Waals surface area (Å²) in [4.78, 5) is 27.5. The van der Waals surface area contributed by atoms with Gasteiger partial charge in [-0.15, -0.1) is 0 Å². The minimum absolute atomic E-state index is 0.00381. The van der Waals surface area contributed by atoms with Crippen LogP contribution in [0.4, 0.5) is 0 Å². The van der Waals surface area contributed by atoms with Gasteiger partial charge in [0.25, 0.3) is 5.91 Å². The molecule has 1 aliphatic heterocycles. The highest BCUT2D eigenvalue weighted by Gasteiger charge is 2.59. The Morgan fingerprint density at radius 1 is 1.05 bits per heavy atom. The van der Waals surface area contributed by atoms with Crippen molar-refractivity contribution in [3.05, 3.63) is 11.6 Å². The largest absolute Gasteiger partial charge is 0.393 e. The zero-order valence-corrected chi connectivity index (χ0v) is 26.8. The van der Waals surface area contributed by atoms with Crippen molar-refractivity contribution in [3.63, 3.8) is 0 Å². The monoisotopic (exact) mass is 570 g/mol. The van der Waals surface area contributed by atoms with Crippen LogP contribution in [0.5, 0.6) is 0 Å². The van der Waals surface area contributed by atoms with Crippen molar-refractivity contribution >= 4 is 11.8 Å². The number of aliphatic hydroxyl groups is 2. The van der Waals surface area contributed by atoms with E-state index in [0.29, 0.717) is 40.9 Å². The highest BCUT2D eigenvalue weighted by atomic mass is 16.3. The Morgan fingerprint density at radius 3 is 2.44 bits per heavy atom. The van der Waals surface area contributed by atoms with Gasteiger partial charge in [0.1, 0.15) is 5.60 Å². The van der Waals surface area contributed by atoms with Crippen molar-refractivity contribution in [2.45, 2.75) is 136 Å². The molecular weight excluding hydrogens is 512 g/mol. The highest BCUT2D eigenvalue weighted by molar-refractivity contribution is 5.84. The Kier molecular flexibility index (Phi) is 8.78. The molecule has 41 heavy (non-hydrogen) atoms. The molecule has 0 aromatic rings. The van der Waals surface area contributed by atoms with Crippen molar-refractivity contribution in [1.29, 1.82) is 0 Å². The van der Waals surface area contributed by atoms with E-state index in [1.165, 1.54) is 46.0 Å². The molecule has 1 unspecified atom stereocenters. The molecule has 5 aliphatic rings. The number of amides is 2. The SMILES string of the molecule is CC(NC(=O)C(C)(C)O)C1CCN(C(=O)CC[C@@H](C)[C@H]2CC[C@H]3[C@@H]4CC=C5C[C@@H](O)CC[C@]5(C)[C@H]4CC[C@]23C)CC1. The first kappa shape index (κ1) is 31.0. The molecule has 3 N–H and O–H groups in total. The number of piperidine rings is 1. The Bertz CT molecular complexity index is 1010. The molecule has 6 nitrogen and oxygen atoms in total. The summed E-state index contributed by atoms with van der Waals surface area (Å²) in [6.45, 7) is 14.1. The van der Waals surface area contributed by atoms with Gasteiger partial charge in [-0.3, -0.25) is 9.59 Å². The van der Waals surface area contributed by atoms with E-state index < -0.39 is 5.60 Å². The molecule has 9 atom stereocenters. The first-order chi connectivity index (χ1) is 19.2. The second-order valence-electron chi connectivity index (χ2n) is 15.9. The lowest BCUT2D eigenvalue weighted by atomic mass is 9.47. The molecule has 3 saturated carbocycles. The molecule has 2 amide bonds. The van der Waals surface area contributed by atoms with Gasteiger partial charge >= 0.3 is 0 Å². The molecule has 1 saturated heterocycles. The Balaban J connectivity index is 1.12. The number of hydrogen-bond acceptors (Lipinski definition) is 4. The first-order valence-corrected chi connectivity index (χ1v) is 16.9. The van der Waals surface area contributed by atoms with Gasteiger partial charge in [0.15, 0.2) is 0 Å². The van der Waals surface area contributed by atoms with Crippen LogP contribution in [-0.2, 0) is 9.59 Å². The van der Waals surface area contributed by atoms with E-state index in [2.05, 4.69) is 32.2 Å². The molecule has 1 heterocycles. The molecule has 5 rings (SSSR count). The molecule has 0 spiro atoms. The van der Waals surface area contributed by atoms with E-state index in [1.54, 1.807) is 5.57 Å². The molecule has 232 valence electrons. The molecule has 0 radical (unpaired) electrons. The molecule has 0 aromatic heterocycles. The van der Waals surface area contributed by atoms with Crippen LogP contribution in [0.3, 0.4) is 0 Å². The normalized spacial score (nSPS) is 39.2. The number of carbonyl (C=O) groups is 2. The van der Waals surface area contributed by atoms with E-state index in [9.17, 15) is 19.8 Å². The van der Waals surface area contributed by atoms with Crippen molar-refractivity contribution in [3.8, 4) is 0 Å². The van der Waals surface area contributed by atoms with Crippen LogP contribution in [0.1, 0.15) is 119 Å². The number of allylic oxidation sites excluding steroid dienone is 1. The summed E-state index contributed by atoms with van der Waals surface area (Å²) < 4.78 is 0. The third-order valence-electron chi connectivity index (χ3n) is 13.2. The first-order valence-electron chi connectivity index (χ1n) is 16.9. The highest BCUT2D eigenvalue weighted by Crippen LogP contribution is 2.67. The molecule has 0 bridgehead atoms. The van der Waals surface area contributed by atoms with Crippen LogP contribution in [0.2, 0.25) is 0 Å². The van der Waals surface area contributed by atoms with Gasteiger partial charge < -0.3 is 20.4 Å². The summed E-state index contributed by atoms with van der Waals surface area (Å²) in [5.74, 6) is 3.93. The summed E-state index contributed by atoms with van der Waals surface area (Å²) in [5, 5.41) is 23.2. The minimum Gasteiger partial charge on any atom is -0.393 e. The predicted octanol–water partition coefficient (Wildman–Crippen LogP) is 5.86. The number of fused-ring (bicyclic) bond motifs is 5. The van der Waals surface area contributed by atoms with E-state index in [-0.39, 0.29) is 18.1 Å². The Labute approximate surface area is 249 Å². The van der Waals surface area contributed by atoms with E-state index in [4.69, 9.17) is 0 Å². The van der Waals surface area contributed by atoms with Crippen LogP contribution in [0.25, 0.3) is 0 Å². The van der Waals surface area contributed by atoms with Crippen molar-refractivity contribution < 1.29 is 19.8 Å². The van der Waals surface area contributed by atoms with Gasteiger partial charge in [0, 0.05) is 25.6 Å². The summed E-state index contributed by atoms with van der Waals surface area (Å²) in [5.41, 5.74) is 0.875. The van der Waals surface area contributed by atoms with Gasteiger partial charge in [-0.2, -0.15) is 0 Å². The average Bonchev–Trinajstić information content (AvgIpc) is 3.28. The van der Waals surface area contributed by atoms with Gasteiger partial charge in [-0.25, -0.2) is 0 Å². The van der Waals surface area contributed by atoms with Crippen LogP contribution in [0, 0.1) is 46.3 Å². The topological polar surface area (TPSA) is 89.9 Å². The summed E-state index contributed by atoms with van der Waals surface area (Å²) in [7, 11) is 0. The maximum absolute atomic E-state index is 13.2. The molecule has 4 fully saturated rings. The zero-order chi connectivity index (χ0) is 29.7. The predicted molar refractivity (Wildman–Crippen MR) is 163 cm³/mol. The van der Waals surface area contributed by atoms with Crippen LogP contribution in [0.15, 0.2) is 11.6 Å². The van der Waals surface area contributed by atoms with E-state index >= 15 is 0 Å². The van der Waals surface area contributed by atoms with Gasteiger partial charge in [-0.1, -0.05) is 32.4 Å². The second-order valence-corrected chi connectivity index (χ2v) is 15.9. The zero-order valence-electron chi connectivity index (χ0n) is 26.8. The number of likely N-dealkylation sites (tertiary alicyclic amines) is 1. The fourth-order valence-electron chi connectivity index (χ4n) is 10.5. The summed E-state index contributed by atoms with van der Waals surface area (Å²) in [6, 6.07) is -0.00381. The van der Waals surface area contributed by atoms with Gasteiger partial charge in [0.05, 0.1) is 6.10 Å². The van der Waals surface area contributed by atoms with Crippen molar-refractivity contribution in [1.82, 2.24) is 10.2 Å². The van der Waals surface area contributed by atoms with Crippen molar-refractivity contribution in [2.75, 3.05) is 13.1 Å². The maximum atomic E-state index is 13.2. The number of carbonyl (C=O) groups excluding carboxylic acids is 2.